The Kier molecular flexibility index (Phi) is 6.83. The van der Waals surface area contributed by atoms with Gasteiger partial charge in [-0.2, -0.15) is 0 Å². The molecule has 2 amide bonds. The minimum absolute atomic E-state index is 0.0902. The number of amides is 2. The fourth-order valence-corrected chi connectivity index (χ4v) is 4.73. The van der Waals surface area contributed by atoms with E-state index in [1.165, 1.54) is 21.6 Å². The minimum atomic E-state index is -0.744. The van der Waals surface area contributed by atoms with Gasteiger partial charge in [0.15, 0.2) is 0 Å². The number of anilines is 1. The van der Waals surface area contributed by atoms with Gasteiger partial charge >= 0.3 is 5.91 Å². The number of nitrogens with zero attached hydrogens (tertiary/aromatic N) is 2. The average Bonchev–Trinajstić information content (AvgIpc) is 2.98. The smallest absolute Gasteiger partial charge is 0.301 e. The standard InChI is InChI=1S/C24H30FN3O4/c1-13-11-18(9-10-19(13)25)28(17-7-5-16(12-29)6-8-17)24(32)22(30)21-14(2)20(23(26)31)15(3)27(21)4/h9-11,16-17,29H,5-8,12H2,1-4H3,(H2,26,31). The molecule has 2 aromatic rings. The number of ketones is 1. The highest BCUT2D eigenvalue weighted by Gasteiger charge is 2.36. The van der Waals surface area contributed by atoms with Crippen LogP contribution in [-0.4, -0.2) is 39.9 Å². The monoisotopic (exact) mass is 443 g/mol. The second-order valence-electron chi connectivity index (χ2n) is 8.65. The molecule has 1 aromatic carbocycles. The van der Waals surface area contributed by atoms with Crippen LogP contribution in [0.2, 0.25) is 0 Å². The van der Waals surface area contributed by atoms with Gasteiger partial charge in [0.1, 0.15) is 5.82 Å². The molecule has 1 heterocycles. The van der Waals surface area contributed by atoms with Gasteiger partial charge in [0.05, 0.1) is 11.3 Å². The number of nitrogens with two attached hydrogens (primary N) is 1. The number of aryl methyl sites for hydroxylation is 1. The van der Waals surface area contributed by atoms with E-state index in [0.717, 1.165) is 12.8 Å². The molecule has 1 saturated carbocycles. The van der Waals surface area contributed by atoms with Gasteiger partial charge in [-0.1, -0.05) is 0 Å². The Bertz CT molecular complexity index is 1070. The zero-order valence-corrected chi connectivity index (χ0v) is 18.9. The van der Waals surface area contributed by atoms with Gasteiger partial charge in [0.2, 0.25) is 0 Å². The quantitative estimate of drug-likeness (QED) is 0.529. The third kappa shape index (κ3) is 4.19. The summed E-state index contributed by atoms with van der Waals surface area (Å²) in [7, 11) is 1.62. The van der Waals surface area contributed by atoms with Gasteiger partial charge in [0.25, 0.3) is 11.7 Å². The maximum atomic E-state index is 13.9. The Morgan fingerprint density at radius 3 is 2.28 bits per heavy atom. The van der Waals surface area contributed by atoms with Gasteiger partial charge in [0, 0.05) is 31.1 Å². The first-order valence-electron chi connectivity index (χ1n) is 10.8. The number of Topliss-reactive ketones (excluding diaryl/α,β-unsaturated/α-hetero) is 1. The second-order valence-corrected chi connectivity index (χ2v) is 8.65. The van der Waals surface area contributed by atoms with Gasteiger partial charge in [-0.15, -0.1) is 0 Å². The summed E-state index contributed by atoms with van der Waals surface area (Å²) >= 11 is 0. The van der Waals surface area contributed by atoms with Crippen LogP contribution in [0.1, 0.15) is 63.4 Å². The van der Waals surface area contributed by atoms with E-state index >= 15 is 0 Å². The van der Waals surface area contributed by atoms with Crippen LogP contribution in [-0.2, 0) is 11.8 Å². The Hall–Kier alpha value is -3.00. The number of primary amides is 1. The second kappa shape index (κ2) is 9.24. The molecule has 0 atom stereocenters. The predicted molar refractivity (Wildman–Crippen MR) is 119 cm³/mol. The molecule has 172 valence electrons. The average molecular weight is 444 g/mol. The summed E-state index contributed by atoms with van der Waals surface area (Å²) < 4.78 is 15.4. The lowest BCUT2D eigenvalue weighted by atomic mass is 9.85. The van der Waals surface area contributed by atoms with Gasteiger partial charge in [-0.25, -0.2) is 4.39 Å². The third-order valence-corrected chi connectivity index (χ3v) is 6.66. The van der Waals surface area contributed by atoms with E-state index < -0.39 is 23.4 Å². The van der Waals surface area contributed by atoms with Crippen LogP contribution in [0.15, 0.2) is 18.2 Å². The maximum Gasteiger partial charge on any atom is 0.301 e. The molecule has 7 nitrogen and oxygen atoms in total. The molecule has 0 bridgehead atoms. The first-order chi connectivity index (χ1) is 15.1. The molecular weight excluding hydrogens is 413 g/mol. The zero-order chi connectivity index (χ0) is 23.7. The van der Waals surface area contributed by atoms with Gasteiger partial charge in [-0.05, 0) is 81.7 Å². The normalized spacial score (nSPS) is 18.4. The third-order valence-electron chi connectivity index (χ3n) is 6.66. The summed E-state index contributed by atoms with van der Waals surface area (Å²) in [6.45, 7) is 4.97. The highest BCUT2D eigenvalue weighted by molar-refractivity contribution is 6.47. The Morgan fingerprint density at radius 1 is 1.16 bits per heavy atom. The van der Waals surface area contributed by atoms with Crippen molar-refractivity contribution in [3.8, 4) is 0 Å². The van der Waals surface area contributed by atoms with Crippen molar-refractivity contribution >= 4 is 23.3 Å². The van der Waals surface area contributed by atoms with E-state index in [-0.39, 0.29) is 29.8 Å². The lowest BCUT2D eigenvalue weighted by Gasteiger charge is -2.36. The summed E-state index contributed by atoms with van der Waals surface area (Å²) in [6, 6.07) is 4.11. The molecule has 1 fully saturated rings. The number of halogens is 1. The molecule has 1 aliphatic carbocycles. The molecule has 0 spiro atoms. The number of hydrogen-bond donors (Lipinski definition) is 2. The minimum Gasteiger partial charge on any atom is -0.396 e. The molecule has 1 aliphatic rings. The summed E-state index contributed by atoms with van der Waals surface area (Å²) in [5, 5.41) is 9.46. The Morgan fingerprint density at radius 2 is 1.78 bits per heavy atom. The van der Waals surface area contributed by atoms with Gasteiger partial charge < -0.3 is 20.3 Å². The van der Waals surface area contributed by atoms with Crippen molar-refractivity contribution in [1.82, 2.24) is 4.57 Å². The van der Waals surface area contributed by atoms with Crippen LogP contribution in [0.5, 0.6) is 0 Å². The summed E-state index contributed by atoms with van der Waals surface area (Å²) in [6.07, 6.45) is 2.71. The number of benzene rings is 1. The summed E-state index contributed by atoms with van der Waals surface area (Å²) in [4.78, 5) is 40.3. The van der Waals surface area contributed by atoms with Crippen molar-refractivity contribution in [3.05, 3.63) is 52.1 Å². The topological polar surface area (TPSA) is 106 Å². The zero-order valence-electron chi connectivity index (χ0n) is 18.9. The van der Waals surface area contributed by atoms with Crippen molar-refractivity contribution in [3.63, 3.8) is 0 Å². The van der Waals surface area contributed by atoms with Gasteiger partial charge in [-0.3, -0.25) is 14.4 Å². The summed E-state index contributed by atoms with van der Waals surface area (Å²) in [5.74, 6) is -2.35. The Labute approximate surface area is 187 Å². The molecule has 3 N–H and O–H groups in total. The van der Waals surface area contributed by atoms with Crippen molar-refractivity contribution in [1.29, 1.82) is 0 Å². The Balaban J connectivity index is 2.04. The highest BCUT2D eigenvalue weighted by Crippen LogP contribution is 2.32. The highest BCUT2D eigenvalue weighted by atomic mass is 19.1. The van der Waals surface area contributed by atoms with Crippen LogP contribution in [0.4, 0.5) is 10.1 Å². The molecule has 0 unspecified atom stereocenters. The largest absolute Gasteiger partial charge is 0.396 e. The molecule has 0 aliphatic heterocycles. The number of rotatable bonds is 6. The van der Waals surface area contributed by atoms with Crippen molar-refractivity contribution in [2.45, 2.75) is 52.5 Å². The number of aliphatic hydroxyl groups excluding tert-OH is 1. The van der Waals surface area contributed by atoms with Crippen LogP contribution in [0.3, 0.4) is 0 Å². The van der Waals surface area contributed by atoms with Crippen LogP contribution < -0.4 is 10.6 Å². The van der Waals surface area contributed by atoms with Crippen LogP contribution in [0.25, 0.3) is 0 Å². The lowest BCUT2D eigenvalue weighted by molar-refractivity contribution is -0.115. The SMILES string of the molecule is Cc1cc(N(C(=O)C(=O)c2c(C)c(C(N)=O)c(C)n2C)C2CCC(CO)CC2)ccc1F. The van der Waals surface area contributed by atoms with E-state index in [1.807, 2.05) is 0 Å². The predicted octanol–water partition coefficient (Wildman–Crippen LogP) is 2.96. The van der Waals surface area contributed by atoms with E-state index in [0.29, 0.717) is 35.3 Å². The molecule has 8 heteroatoms. The first-order valence-corrected chi connectivity index (χ1v) is 10.8. The molecule has 0 radical (unpaired) electrons. The van der Waals surface area contributed by atoms with Crippen molar-refractivity contribution in [2.24, 2.45) is 18.7 Å². The maximum absolute atomic E-state index is 13.9. The number of carbonyl (C=O) groups excluding carboxylic acids is 3. The fraction of sp³-hybridized carbons (Fsp3) is 0.458. The number of hydrogen-bond acceptors (Lipinski definition) is 4. The molecule has 0 saturated heterocycles. The van der Waals surface area contributed by atoms with Crippen molar-refractivity contribution in [2.75, 3.05) is 11.5 Å². The summed E-state index contributed by atoms with van der Waals surface area (Å²) in [5.41, 5.74) is 7.55. The first kappa shape index (κ1) is 23.7. The molecule has 3 rings (SSSR count). The molecular formula is C24H30FN3O4. The molecule has 32 heavy (non-hydrogen) atoms. The number of carbonyl (C=O) groups is 3. The van der Waals surface area contributed by atoms with E-state index in [9.17, 15) is 23.9 Å². The van der Waals surface area contributed by atoms with E-state index in [4.69, 9.17) is 5.73 Å². The van der Waals surface area contributed by atoms with E-state index in [1.54, 1.807) is 33.9 Å². The van der Waals surface area contributed by atoms with E-state index in [2.05, 4.69) is 0 Å². The lowest BCUT2D eigenvalue weighted by Crippen LogP contribution is -2.46. The van der Waals surface area contributed by atoms with Crippen LogP contribution in [0, 0.1) is 32.5 Å². The van der Waals surface area contributed by atoms with Crippen molar-refractivity contribution < 1.29 is 23.9 Å². The molecule has 1 aromatic heterocycles. The van der Waals surface area contributed by atoms with Crippen LogP contribution >= 0.6 is 0 Å². The number of aromatic nitrogens is 1. The fourth-order valence-electron chi connectivity index (χ4n) is 4.73. The number of aliphatic hydroxyl groups is 1.